The Morgan fingerprint density at radius 1 is 0.974 bits per heavy atom. The van der Waals surface area contributed by atoms with Gasteiger partial charge in [0.05, 0.1) is 24.4 Å². The SMILES string of the molecule is CCNC(=O)NCc1ccc(C2O[C@H](CSc3ncccc3C(=O)O)[C@H](C)[C@H](c3ccc(CO)cc3)O2)cc1. The maximum atomic E-state index is 11.7. The molecule has 10 heteroatoms. The van der Waals surface area contributed by atoms with Gasteiger partial charge in [-0.3, -0.25) is 0 Å². The van der Waals surface area contributed by atoms with E-state index in [2.05, 4.69) is 22.5 Å². The molecule has 3 aromatic rings. The number of carbonyl (C=O) groups excluding carboxylic acids is 1. The lowest BCUT2D eigenvalue weighted by Gasteiger charge is -2.41. The molecule has 4 N–H and O–H groups in total. The van der Waals surface area contributed by atoms with Crippen LogP contribution < -0.4 is 10.6 Å². The smallest absolute Gasteiger partial charge is 0.338 e. The highest BCUT2D eigenvalue weighted by molar-refractivity contribution is 7.99. The van der Waals surface area contributed by atoms with Crippen molar-refractivity contribution in [3.8, 4) is 0 Å². The zero-order valence-corrected chi connectivity index (χ0v) is 22.7. The number of aromatic nitrogens is 1. The molecule has 4 atom stereocenters. The molecule has 2 heterocycles. The fourth-order valence-corrected chi connectivity index (χ4v) is 5.49. The lowest BCUT2D eigenvalue weighted by atomic mass is 9.91. The number of benzene rings is 2. The van der Waals surface area contributed by atoms with Crippen molar-refractivity contribution in [2.75, 3.05) is 12.3 Å². The van der Waals surface area contributed by atoms with Crippen molar-refractivity contribution in [2.45, 2.75) is 50.5 Å². The van der Waals surface area contributed by atoms with Crippen LogP contribution in [0.4, 0.5) is 4.79 Å². The summed E-state index contributed by atoms with van der Waals surface area (Å²) < 4.78 is 12.9. The maximum Gasteiger partial charge on any atom is 0.338 e. The zero-order chi connectivity index (χ0) is 27.8. The summed E-state index contributed by atoms with van der Waals surface area (Å²) >= 11 is 1.35. The second-order valence-electron chi connectivity index (χ2n) is 9.25. The Bertz CT molecular complexity index is 1250. The molecule has 1 aliphatic heterocycles. The molecule has 0 bridgehead atoms. The van der Waals surface area contributed by atoms with E-state index in [4.69, 9.17) is 9.47 Å². The van der Waals surface area contributed by atoms with Crippen LogP contribution in [-0.4, -0.2) is 45.6 Å². The molecule has 4 rings (SSSR count). The predicted molar refractivity (Wildman–Crippen MR) is 147 cm³/mol. The molecule has 39 heavy (non-hydrogen) atoms. The van der Waals surface area contributed by atoms with Gasteiger partial charge in [0.15, 0.2) is 6.29 Å². The van der Waals surface area contributed by atoms with Crippen LogP contribution in [0.5, 0.6) is 0 Å². The Balaban J connectivity index is 1.54. The van der Waals surface area contributed by atoms with E-state index in [0.717, 1.165) is 22.3 Å². The average molecular weight is 552 g/mol. The Hall–Kier alpha value is -3.44. The van der Waals surface area contributed by atoms with E-state index in [1.54, 1.807) is 18.3 Å². The van der Waals surface area contributed by atoms with E-state index in [1.807, 2.05) is 55.5 Å². The van der Waals surface area contributed by atoms with Crippen LogP contribution >= 0.6 is 11.8 Å². The Morgan fingerprint density at radius 3 is 2.33 bits per heavy atom. The zero-order valence-electron chi connectivity index (χ0n) is 21.9. The third-order valence-electron chi connectivity index (χ3n) is 6.55. The van der Waals surface area contributed by atoms with Gasteiger partial charge in [-0.1, -0.05) is 55.5 Å². The number of nitrogens with one attached hydrogen (secondary N) is 2. The van der Waals surface area contributed by atoms with Gasteiger partial charge in [0.2, 0.25) is 0 Å². The van der Waals surface area contributed by atoms with Crippen molar-refractivity contribution in [3.05, 3.63) is 94.7 Å². The van der Waals surface area contributed by atoms with Gasteiger partial charge in [0, 0.05) is 36.5 Å². The number of carboxylic acids is 1. The second kappa shape index (κ2) is 13.6. The molecule has 0 radical (unpaired) electrons. The number of rotatable bonds is 10. The van der Waals surface area contributed by atoms with Crippen molar-refractivity contribution in [1.29, 1.82) is 0 Å². The third kappa shape index (κ3) is 7.36. The van der Waals surface area contributed by atoms with Crippen LogP contribution in [0.3, 0.4) is 0 Å². The van der Waals surface area contributed by atoms with E-state index < -0.39 is 12.3 Å². The fraction of sp³-hybridized carbons (Fsp3) is 0.345. The standard InChI is InChI=1S/C29H33N3O6S/c1-3-30-29(36)32-15-19-6-12-22(13-7-19)28-37-24(17-39-26-23(27(34)35)5-4-14-31-26)18(2)25(38-28)21-10-8-20(16-33)9-11-21/h4-14,18,24-25,28,33H,3,15-17H2,1-2H3,(H,34,35)(H2,30,32,36)/t18-,24+,25+,28?/m0/s1. The van der Waals surface area contributed by atoms with Crippen LogP contribution in [-0.2, 0) is 22.6 Å². The molecule has 9 nitrogen and oxygen atoms in total. The third-order valence-corrected chi connectivity index (χ3v) is 7.65. The Labute approximate surface area is 232 Å². The number of hydrogen-bond acceptors (Lipinski definition) is 7. The minimum absolute atomic E-state index is 0.0380. The molecule has 1 saturated heterocycles. The van der Waals surface area contributed by atoms with Gasteiger partial charge in [-0.05, 0) is 35.7 Å². The molecular formula is C29H33N3O6S. The number of thioether (sulfide) groups is 1. The number of urea groups is 1. The molecule has 1 fully saturated rings. The molecule has 0 aliphatic carbocycles. The van der Waals surface area contributed by atoms with Gasteiger partial charge in [-0.15, -0.1) is 11.8 Å². The quantitative estimate of drug-likeness (QED) is 0.268. The number of aliphatic hydroxyl groups excluding tert-OH is 1. The van der Waals surface area contributed by atoms with Crippen molar-refractivity contribution in [1.82, 2.24) is 15.6 Å². The Kier molecular flexibility index (Phi) is 9.94. The van der Waals surface area contributed by atoms with Gasteiger partial charge in [0.25, 0.3) is 0 Å². The fourth-order valence-electron chi connectivity index (χ4n) is 4.34. The summed E-state index contributed by atoms with van der Waals surface area (Å²) in [4.78, 5) is 27.6. The number of pyridine rings is 1. The van der Waals surface area contributed by atoms with Gasteiger partial charge >= 0.3 is 12.0 Å². The molecule has 206 valence electrons. The largest absolute Gasteiger partial charge is 0.478 e. The minimum Gasteiger partial charge on any atom is -0.478 e. The number of amides is 2. The molecule has 0 saturated carbocycles. The first-order valence-electron chi connectivity index (χ1n) is 12.8. The van der Waals surface area contributed by atoms with E-state index in [0.29, 0.717) is 23.9 Å². The summed E-state index contributed by atoms with van der Waals surface area (Å²) in [5, 5.41) is 25.0. The first kappa shape index (κ1) is 28.6. The highest BCUT2D eigenvalue weighted by atomic mass is 32.2. The van der Waals surface area contributed by atoms with Gasteiger partial charge in [-0.25, -0.2) is 14.6 Å². The van der Waals surface area contributed by atoms with Crippen molar-refractivity contribution < 1.29 is 29.3 Å². The summed E-state index contributed by atoms with van der Waals surface area (Å²) in [7, 11) is 0. The minimum atomic E-state index is -1.02. The topological polar surface area (TPSA) is 130 Å². The average Bonchev–Trinajstić information content (AvgIpc) is 2.96. The normalized spacial score (nSPS) is 20.8. The molecular weight excluding hydrogens is 518 g/mol. The van der Waals surface area contributed by atoms with E-state index >= 15 is 0 Å². The summed E-state index contributed by atoms with van der Waals surface area (Å²) in [6.45, 7) is 4.83. The van der Waals surface area contributed by atoms with Gasteiger partial charge in [0.1, 0.15) is 5.03 Å². The van der Waals surface area contributed by atoms with Crippen molar-refractivity contribution >= 4 is 23.8 Å². The number of aliphatic hydroxyl groups is 1. The highest BCUT2D eigenvalue weighted by Crippen LogP contribution is 2.43. The summed E-state index contributed by atoms with van der Waals surface area (Å²) in [6, 6.07) is 18.3. The number of carboxylic acid groups (broad SMARTS) is 1. The lowest BCUT2D eigenvalue weighted by Crippen LogP contribution is -2.38. The number of carbonyl (C=O) groups is 2. The molecule has 1 unspecified atom stereocenters. The van der Waals surface area contributed by atoms with Gasteiger partial charge < -0.3 is 30.3 Å². The maximum absolute atomic E-state index is 11.7. The first-order chi connectivity index (χ1) is 18.9. The highest BCUT2D eigenvalue weighted by Gasteiger charge is 2.38. The molecule has 0 spiro atoms. The van der Waals surface area contributed by atoms with E-state index in [-0.39, 0.29) is 36.3 Å². The van der Waals surface area contributed by atoms with E-state index in [9.17, 15) is 19.8 Å². The monoisotopic (exact) mass is 551 g/mol. The van der Waals surface area contributed by atoms with Crippen LogP contribution in [0, 0.1) is 5.92 Å². The molecule has 2 amide bonds. The predicted octanol–water partition coefficient (Wildman–Crippen LogP) is 4.67. The number of nitrogens with zero attached hydrogens (tertiary/aromatic N) is 1. The summed E-state index contributed by atoms with van der Waals surface area (Å²) in [6.07, 6.45) is 0.380. The Morgan fingerprint density at radius 2 is 1.67 bits per heavy atom. The lowest BCUT2D eigenvalue weighted by molar-refractivity contribution is -0.268. The number of hydrogen-bond donors (Lipinski definition) is 4. The summed E-state index contributed by atoms with van der Waals surface area (Å²) in [5.41, 5.74) is 3.71. The number of ether oxygens (including phenoxy) is 2. The van der Waals surface area contributed by atoms with Crippen molar-refractivity contribution in [2.24, 2.45) is 5.92 Å². The first-order valence-corrected chi connectivity index (χ1v) is 13.8. The number of aromatic carboxylic acids is 1. The van der Waals surface area contributed by atoms with Gasteiger partial charge in [-0.2, -0.15) is 0 Å². The molecule has 1 aliphatic rings. The van der Waals surface area contributed by atoms with Crippen LogP contribution in [0.15, 0.2) is 71.9 Å². The van der Waals surface area contributed by atoms with Crippen LogP contribution in [0.1, 0.15) is 58.9 Å². The van der Waals surface area contributed by atoms with E-state index in [1.165, 1.54) is 11.8 Å². The summed E-state index contributed by atoms with van der Waals surface area (Å²) in [5.74, 6) is -0.586. The molecule has 1 aromatic heterocycles. The van der Waals surface area contributed by atoms with Crippen LogP contribution in [0.25, 0.3) is 0 Å². The second-order valence-corrected chi connectivity index (χ2v) is 10.3. The van der Waals surface area contributed by atoms with Crippen molar-refractivity contribution in [3.63, 3.8) is 0 Å². The molecule has 2 aromatic carbocycles. The van der Waals surface area contributed by atoms with Crippen LogP contribution in [0.2, 0.25) is 0 Å².